The summed E-state index contributed by atoms with van der Waals surface area (Å²) in [6, 6.07) is 11.1. The number of rotatable bonds is 17. The zero-order valence-corrected chi connectivity index (χ0v) is 26.4. The predicted molar refractivity (Wildman–Crippen MR) is 168 cm³/mol. The number of amides is 1. The summed E-state index contributed by atoms with van der Waals surface area (Å²) in [6.07, 6.45) is 4.79. The van der Waals surface area contributed by atoms with Crippen LogP contribution in [0.25, 0.3) is 0 Å². The Morgan fingerprint density at radius 1 is 0.955 bits per heavy atom. The zero-order valence-electron chi connectivity index (χ0n) is 26.4. The van der Waals surface area contributed by atoms with Gasteiger partial charge in [0.25, 0.3) is 0 Å². The molecule has 0 saturated carbocycles. The third kappa shape index (κ3) is 8.29. The first kappa shape index (κ1) is 33.7. The number of likely N-dealkylation sites (tertiary alicyclic amines) is 1. The van der Waals surface area contributed by atoms with E-state index in [1.165, 1.54) is 0 Å². The maximum absolute atomic E-state index is 13.8. The number of aliphatic hydroxyl groups is 2. The molecule has 2 aromatic rings. The van der Waals surface area contributed by atoms with Gasteiger partial charge in [-0.2, -0.15) is 0 Å². The van der Waals surface area contributed by atoms with E-state index in [2.05, 4.69) is 16.7 Å². The molecule has 1 fully saturated rings. The average molecular weight is 612 g/mol. The van der Waals surface area contributed by atoms with Gasteiger partial charge in [0, 0.05) is 37.2 Å². The van der Waals surface area contributed by atoms with Gasteiger partial charge in [-0.15, -0.1) is 0 Å². The van der Waals surface area contributed by atoms with Crippen molar-refractivity contribution in [1.82, 2.24) is 14.7 Å². The summed E-state index contributed by atoms with van der Waals surface area (Å²) in [7, 11) is 4.05. The second-order valence-electron chi connectivity index (χ2n) is 12.2. The molecule has 0 aromatic heterocycles. The van der Waals surface area contributed by atoms with E-state index in [0.717, 1.165) is 42.5 Å². The van der Waals surface area contributed by atoms with E-state index in [0.29, 0.717) is 56.0 Å². The normalized spacial score (nSPS) is 19.5. The number of nitrogens with zero attached hydrogens (tertiary/aromatic N) is 3. The fourth-order valence-electron chi connectivity index (χ4n) is 6.65. The minimum Gasteiger partial charge on any atom is -0.481 e. The first-order valence-electron chi connectivity index (χ1n) is 15.9. The SMILES string of the molecule is CCCCN(CCCN(C)C)C(=O)CN1C[C@H](c2cc(CO)c3c(c2)OCO3)[C@@H](C(=O)O)[C@@H]1CCCc1ccccc1CO. The molecule has 3 N–H and O–H groups in total. The number of aliphatic carboxylic acids is 1. The summed E-state index contributed by atoms with van der Waals surface area (Å²) in [5, 5.41) is 30.4. The number of ether oxygens (including phenoxy) is 2. The molecule has 2 aliphatic heterocycles. The van der Waals surface area contributed by atoms with Crippen LogP contribution < -0.4 is 9.47 Å². The molecule has 0 radical (unpaired) electrons. The van der Waals surface area contributed by atoms with Crippen LogP contribution in [-0.4, -0.2) is 102 Å². The maximum atomic E-state index is 13.8. The molecule has 0 aliphatic carbocycles. The fourth-order valence-corrected chi connectivity index (χ4v) is 6.65. The van der Waals surface area contributed by atoms with E-state index in [9.17, 15) is 24.9 Å². The van der Waals surface area contributed by atoms with Crippen LogP contribution in [0.15, 0.2) is 36.4 Å². The number of unbranched alkanes of at least 4 members (excludes halogenated alkanes) is 1. The lowest BCUT2D eigenvalue weighted by atomic mass is 9.82. The van der Waals surface area contributed by atoms with Crippen LogP contribution in [0, 0.1) is 5.92 Å². The molecule has 3 atom stereocenters. The standard InChI is InChI=1S/C34H49N3O7/c1-4-5-15-36(16-9-14-35(2)3)31(40)20-37-19-28(26-17-27(22-39)33-30(18-26)43-23-44-33)32(34(41)42)29(37)13-8-12-24-10-6-7-11-25(24)21-38/h6-7,10-11,17-18,28-29,32,38-39H,4-5,8-9,12-16,19-23H2,1-3H3,(H,41,42)/t28-,29+,32-/m1/s1. The number of aliphatic hydroxyl groups excluding tert-OH is 2. The van der Waals surface area contributed by atoms with E-state index >= 15 is 0 Å². The van der Waals surface area contributed by atoms with Crippen LogP contribution in [0.1, 0.15) is 67.2 Å². The molecule has 2 aromatic carbocycles. The Morgan fingerprint density at radius 2 is 1.68 bits per heavy atom. The highest BCUT2D eigenvalue weighted by atomic mass is 16.7. The zero-order chi connectivity index (χ0) is 31.6. The number of carboxylic acid groups (broad SMARTS) is 1. The molecule has 10 nitrogen and oxygen atoms in total. The summed E-state index contributed by atoms with van der Waals surface area (Å²) in [6.45, 7) is 4.68. The van der Waals surface area contributed by atoms with E-state index < -0.39 is 17.8 Å². The molecule has 2 heterocycles. The number of aryl methyl sites for hydroxylation is 1. The smallest absolute Gasteiger partial charge is 0.308 e. The Labute approximate surface area is 261 Å². The fraction of sp³-hybridized carbons (Fsp3) is 0.588. The highest BCUT2D eigenvalue weighted by Gasteiger charge is 2.47. The molecule has 44 heavy (non-hydrogen) atoms. The van der Waals surface area contributed by atoms with Crippen LogP contribution in [0.4, 0.5) is 0 Å². The number of carbonyl (C=O) groups excluding carboxylic acids is 1. The van der Waals surface area contributed by atoms with Crippen molar-refractivity contribution in [1.29, 1.82) is 0 Å². The van der Waals surface area contributed by atoms with Gasteiger partial charge in [-0.1, -0.05) is 37.6 Å². The highest BCUT2D eigenvalue weighted by molar-refractivity contribution is 5.79. The molecule has 4 rings (SSSR count). The van der Waals surface area contributed by atoms with Gasteiger partial charge in [-0.25, -0.2) is 0 Å². The summed E-state index contributed by atoms with van der Waals surface area (Å²) in [4.78, 5) is 32.9. The lowest BCUT2D eigenvalue weighted by Crippen LogP contribution is -2.45. The van der Waals surface area contributed by atoms with Gasteiger partial charge in [0.2, 0.25) is 12.7 Å². The van der Waals surface area contributed by atoms with Crippen molar-refractivity contribution in [3.63, 3.8) is 0 Å². The number of benzene rings is 2. The molecule has 1 amide bonds. The number of carbonyl (C=O) groups is 2. The second kappa shape index (κ2) is 16.2. The van der Waals surface area contributed by atoms with Crippen LogP contribution in [-0.2, 0) is 29.2 Å². The summed E-state index contributed by atoms with van der Waals surface area (Å²) < 4.78 is 11.2. The van der Waals surface area contributed by atoms with Gasteiger partial charge in [0.05, 0.1) is 25.7 Å². The van der Waals surface area contributed by atoms with Crippen molar-refractivity contribution in [3.05, 3.63) is 58.7 Å². The van der Waals surface area contributed by atoms with Crippen molar-refractivity contribution >= 4 is 11.9 Å². The number of carboxylic acids is 1. The van der Waals surface area contributed by atoms with E-state index in [-0.39, 0.29) is 38.5 Å². The molecular formula is C34H49N3O7. The highest BCUT2D eigenvalue weighted by Crippen LogP contribution is 2.44. The molecular weight excluding hydrogens is 562 g/mol. The molecule has 242 valence electrons. The Hall–Kier alpha value is -3.18. The number of fused-ring (bicyclic) bond motifs is 1. The first-order chi connectivity index (χ1) is 21.3. The minimum absolute atomic E-state index is 0.0272. The molecule has 2 aliphatic rings. The van der Waals surface area contributed by atoms with Gasteiger partial charge in [-0.3, -0.25) is 14.5 Å². The third-order valence-electron chi connectivity index (χ3n) is 8.94. The summed E-state index contributed by atoms with van der Waals surface area (Å²) in [5.74, 6) is -1.01. The first-order valence-corrected chi connectivity index (χ1v) is 15.9. The van der Waals surface area contributed by atoms with Crippen molar-refractivity contribution in [2.24, 2.45) is 5.92 Å². The molecule has 0 unspecified atom stereocenters. The van der Waals surface area contributed by atoms with Crippen molar-refractivity contribution < 1.29 is 34.4 Å². The van der Waals surface area contributed by atoms with Crippen LogP contribution in [0.3, 0.4) is 0 Å². The Bertz CT molecular complexity index is 1250. The van der Waals surface area contributed by atoms with Gasteiger partial charge >= 0.3 is 5.97 Å². The predicted octanol–water partition coefficient (Wildman–Crippen LogP) is 3.47. The third-order valence-corrected chi connectivity index (χ3v) is 8.94. The molecule has 0 spiro atoms. The van der Waals surface area contributed by atoms with Gasteiger partial charge < -0.3 is 34.6 Å². The number of hydrogen-bond donors (Lipinski definition) is 3. The average Bonchev–Trinajstić information content (AvgIpc) is 3.63. The van der Waals surface area contributed by atoms with Crippen molar-refractivity contribution in [2.75, 3.05) is 53.6 Å². The Balaban J connectivity index is 1.60. The number of hydrogen-bond acceptors (Lipinski definition) is 8. The van der Waals surface area contributed by atoms with E-state index in [1.807, 2.05) is 55.4 Å². The monoisotopic (exact) mass is 611 g/mol. The molecule has 0 bridgehead atoms. The van der Waals surface area contributed by atoms with Gasteiger partial charge in [-0.05, 0) is 81.6 Å². The Morgan fingerprint density at radius 3 is 2.36 bits per heavy atom. The van der Waals surface area contributed by atoms with Crippen molar-refractivity contribution in [2.45, 2.75) is 70.6 Å². The van der Waals surface area contributed by atoms with Gasteiger partial charge in [0.15, 0.2) is 11.5 Å². The van der Waals surface area contributed by atoms with Crippen LogP contribution in [0.5, 0.6) is 11.5 Å². The van der Waals surface area contributed by atoms with Crippen molar-refractivity contribution in [3.8, 4) is 11.5 Å². The largest absolute Gasteiger partial charge is 0.481 e. The van der Waals surface area contributed by atoms with Crippen LogP contribution in [0.2, 0.25) is 0 Å². The summed E-state index contributed by atoms with van der Waals surface area (Å²) in [5.41, 5.74) is 3.26. The maximum Gasteiger partial charge on any atom is 0.308 e. The van der Waals surface area contributed by atoms with Crippen LogP contribution >= 0.6 is 0 Å². The van der Waals surface area contributed by atoms with E-state index in [4.69, 9.17) is 9.47 Å². The topological polar surface area (TPSA) is 123 Å². The van der Waals surface area contributed by atoms with Gasteiger partial charge in [0.1, 0.15) is 0 Å². The van der Waals surface area contributed by atoms with E-state index in [1.54, 1.807) is 0 Å². The molecule has 1 saturated heterocycles. The lowest BCUT2D eigenvalue weighted by molar-refractivity contribution is -0.143. The molecule has 10 heteroatoms. The summed E-state index contributed by atoms with van der Waals surface area (Å²) >= 11 is 0. The minimum atomic E-state index is -0.900. The Kier molecular flexibility index (Phi) is 12.4. The lowest BCUT2D eigenvalue weighted by Gasteiger charge is -2.30. The second-order valence-corrected chi connectivity index (χ2v) is 12.2. The quantitative estimate of drug-likeness (QED) is 0.247.